The number of nitrogens with one attached hydrogen (secondary N) is 1. The lowest BCUT2D eigenvalue weighted by Crippen LogP contribution is -2.48. The van der Waals surface area contributed by atoms with E-state index in [4.69, 9.17) is 0 Å². The van der Waals surface area contributed by atoms with Crippen molar-refractivity contribution >= 4 is 6.03 Å². The smallest absolute Gasteiger partial charge is 0.319 e. The number of rotatable bonds is 4. The zero-order chi connectivity index (χ0) is 12.8. The van der Waals surface area contributed by atoms with Crippen LogP contribution >= 0.6 is 0 Å². The maximum absolute atomic E-state index is 12.2. The maximum atomic E-state index is 12.2. The van der Waals surface area contributed by atoms with E-state index in [-0.39, 0.29) is 12.1 Å². The Balaban J connectivity index is 2.55. The lowest BCUT2D eigenvalue weighted by atomic mass is 9.97. The second-order valence-electron chi connectivity index (χ2n) is 5.24. The second-order valence-corrected chi connectivity index (χ2v) is 5.24. The molecule has 0 unspecified atom stereocenters. The fourth-order valence-electron chi connectivity index (χ4n) is 2.21. The molecule has 1 aliphatic heterocycles. The molecule has 0 aromatic carbocycles. The molecule has 0 aliphatic carbocycles. The van der Waals surface area contributed by atoms with Gasteiger partial charge in [0.05, 0.1) is 0 Å². The number of hydrogen-bond donors (Lipinski definition) is 1. The van der Waals surface area contributed by atoms with Crippen LogP contribution in [0, 0.1) is 5.92 Å². The van der Waals surface area contributed by atoms with Gasteiger partial charge in [0, 0.05) is 26.2 Å². The van der Waals surface area contributed by atoms with Crippen molar-refractivity contribution < 1.29 is 4.79 Å². The first-order chi connectivity index (χ1) is 8.06. The van der Waals surface area contributed by atoms with E-state index < -0.39 is 0 Å². The monoisotopic (exact) mass is 241 g/mol. The SMILES string of the molecule is CCN(C)C(=O)N(CC1CCNCC1)C(C)C. The number of urea groups is 1. The molecule has 17 heavy (non-hydrogen) atoms. The minimum atomic E-state index is 0.168. The van der Waals surface area contributed by atoms with Gasteiger partial charge in [-0.1, -0.05) is 0 Å². The Morgan fingerprint density at radius 1 is 1.35 bits per heavy atom. The maximum Gasteiger partial charge on any atom is 0.319 e. The zero-order valence-electron chi connectivity index (χ0n) is 11.7. The van der Waals surface area contributed by atoms with Crippen LogP contribution in [0.1, 0.15) is 33.6 Å². The minimum Gasteiger partial charge on any atom is -0.328 e. The van der Waals surface area contributed by atoms with Crippen LogP contribution in [0.25, 0.3) is 0 Å². The van der Waals surface area contributed by atoms with Crippen molar-refractivity contribution in [1.29, 1.82) is 0 Å². The standard InChI is InChI=1S/C13H27N3O/c1-5-15(4)13(17)16(11(2)3)10-12-6-8-14-9-7-12/h11-12,14H,5-10H2,1-4H3. The van der Waals surface area contributed by atoms with E-state index in [1.807, 2.05) is 18.9 Å². The Morgan fingerprint density at radius 2 is 1.94 bits per heavy atom. The molecule has 1 fully saturated rings. The highest BCUT2D eigenvalue weighted by molar-refractivity contribution is 5.74. The summed E-state index contributed by atoms with van der Waals surface area (Å²) in [5, 5.41) is 3.37. The summed E-state index contributed by atoms with van der Waals surface area (Å²) >= 11 is 0. The van der Waals surface area contributed by atoms with E-state index >= 15 is 0 Å². The summed E-state index contributed by atoms with van der Waals surface area (Å²) in [6.45, 7) is 10.1. The van der Waals surface area contributed by atoms with Crippen molar-refractivity contribution in [2.45, 2.75) is 39.7 Å². The van der Waals surface area contributed by atoms with E-state index in [1.54, 1.807) is 4.90 Å². The molecular weight excluding hydrogens is 214 g/mol. The molecule has 0 spiro atoms. The van der Waals surface area contributed by atoms with E-state index in [0.717, 1.165) is 26.2 Å². The highest BCUT2D eigenvalue weighted by Crippen LogP contribution is 2.16. The Labute approximate surface area is 105 Å². The molecule has 0 radical (unpaired) electrons. The Morgan fingerprint density at radius 3 is 2.41 bits per heavy atom. The summed E-state index contributed by atoms with van der Waals surface area (Å²) in [6.07, 6.45) is 2.37. The number of carbonyl (C=O) groups excluding carboxylic acids is 1. The van der Waals surface area contributed by atoms with Crippen molar-refractivity contribution in [2.24, 2.45) is 5.92 Å². The third kappa shape index (κ3) is 4.19. The summed E-state index contributed by atoms with van der Waals surface area (Å²) in [7, 11) is 1.88. The van der Waals surface area contributed by atoms with Crippen LogP contribution in [0.4, 0.5) is 4.79 Å². The van der Waals surface area contributed by atoms with Crippen LogP contribution in [0.15, 0.2) is 0 Å². The van der Waals surface area contributed by atoms with Crippen molar-refractivity contribution in [1.82, 2.24) is 15.1 Å². The van der Waals surface area contributed by atoms with Gasteiger partial charge in [0.25, 0.3) is 0 Å². The van der Waals surface area contributed by atoms with E-state index in [0.29, 0.717) is 5.92 Å². The fourth-order valence-corrected chi connectivity index (χ4v) is 2.21. The quantitative estimate of drug-likeness (QED) is 0.814. The zero-order valence-corrected chi connectivity index (χ0v) is 11.7. The summed E-state index contributed by atoms with van der Waals surface area (Å²) in [5.41, 5.74) is 0. The molecule has 1 N–H and O–H groups in total. The first-order valence-electron chi connectivity index (χ1n) is 6.78. The van der Waals surface area contributed by atoms with E-state index in [9.17, 15) is 4.79 Å². The molecule has 1 heterocycles. The Hall–Kier alpha value is -0.770. The molecule has 0 bridgehead atoms. The van der Waals surface area contributed by atoms with Gasteiger partial charge in [-0.2, -0.15) is 0 Å². The van der Waals surface area contributed by atoms with Crippen molar-refractivity contribution in [3.63, 3.8) is 0 Å². The summed E-state index contributed by atoms with van der Waals surface area (Å²) in [6, 6.07) is 0.451. The lowest BCUT2D eigenvalue weighted by molar-refractivity contribution is 0.135. The van der Waals surface area contributed by atoms with Gasteiger partial charge < -0.3 is 15.1 Å². The predicted molar refractivity (Wildman–Crippen MR) is 71.1 cm³/mol. The minimum absolute atomic E-state index is 0.168. The third-order valence-corrected chi connectivity index (χ3v) is 3.58. The van der Waals surface area contributed by atoms with Crippen LogP contribution in [0.2, 0.25) is 0 Å². The first-order valence-corrected chi connectivity index (χ1v) is 6.78. The molecule has 4 nitrogen and oxygen atoms in total. The van der Waals surface area contributed by atoms with E-state index in [1.165, 1.54) is 12.8 Å². The van der Waals surface area contributed by atoms with Gasteiger partial charge in [0.1, 0.15) is 0 Å². The average molecular weight is 241 g/mol. The van der Waals surface area contributed by atoms with Gasteiger partial charge in [0.2, 0.25) is 0 Å². The van der Waals surface area contributed by atoms with Crippen molar-refractivity contribution in [3.8, 4) is 0 Å². The van der Waals surface area contributed by atoms with Crippen LogP contribution in [-0.2, 0) is 0 Å². The Bertz CT molecular complexity index is 237. The van der Waals surface area contributed by atoms with Gasteiger partial charge in [-0.25, -0.2) is 4.79 Å². The highest BCUT2D eigenvalue weighted by atomic mass is 16.2. The third-order valence-electron chi connectivity index (χ3n) is 3.58. The molecule has 1 saturated heterocycles. The topological polar surface area (TPSA) is 35.6 Å². The molecule has 0 atom stereocenters. The van der Waals surface area contributed by atoms with Crippen LogP contribution in [0.5, 0.6) is 0 Å². The van der Waals surface area contributed by atoms with Gasteiger partial charge in [-0.3, -0.25) is 0 Å². The summed E-state index contributed by atoms with van der Waals surface area (Å²) < 4.78 is 0. The molecule has 2 amide bonds. The molecule has 1 aliphatic rings. The Kier molecular flexibility index (Phi) is 5.75. The highest BCUT2D eigenvalue weighted by Gasteiger charge is 2.24. The molecule has 0 saturated carbocycles. The van der Waals surface area contributed by atoms with E-state index in [2.05, 4.69) is 19.2 Å². The van der Waals surface area contributed by atoms with Crippen molar-refractivity contribution in [2.75, 3.05) is 33.2 Å². The van der Waals surface area contributed by atoms with Crippen molar-refractivity contribution in [3.05, 3.63) is 0 Å². The second kappa shape index (κ2) is 6.84. The molecular formula is C13H27N3O. The lowest BCUT2D eigenvalue weighted by Gasteiger charge is -2.35. The molecule has 0 aromatic heterocycles. The van der Waals surface area contributed by atoms with Gasteiger partial charge >= 0.3 is 6.03 Å². The molecule has 0 aromatic rings. The number of nitrogens with zero attached hydrogens (tertiary/aromatic N) is 2. The van der Waals surface area contributed by atoms with Crippen LogP contribution in [0.3, 0.4) is 0 Å². The van der Waals surface area contributed by atoms with Gasteiger partial charge in [-0.05, 0) is 52.6 Å². The van der Waals surface area contributed by atoms with Crippen LogP contribution in [-0.4, -0.2) is 55.1 Å². The largest absolute Gasteiger partial charge is 0.328 e. The normalized spacial score (nSPS) is 17.2. The average Bonchev–Trinajstić information content (AvgIpc) is 2.35. The predicted octanol–water partition coefficient (Wildman–Crippen LogP) is 1.77. The summed E-state index contributed by atoms with van der Waals surface area (Å²) in [5.74, 6) is 0.660. The van der Waals surface area contributed by atoms with Gasteiger partial charge in [-0.15, -0.1) is 0 Å². The number of piperidine rings is 1. The number of amides is 2. The summed E-state index contributed by atoms with van der Waals surface area (Å²) in [4.78, 5) is 16.0. The molecule has 100 valence electrons. The molecule has 4 heteroatoms. The molecule has 1 rings (SSSR count). The number of carbonyl (C=O) groups is 1. The first kappa shape index (κ1) is 14.3. The fraction of sp³-hybridized carbons (Fsp3) is 0.923. The number of hydrogen-bond acceptors (Lipinski definition) is 2. The van der Waals surface area contributed by atoms with Crippen LogP contribution < -0.4 is 5.32 Å². The van der Waals surface area contributed by atoms with Gasteiger partial charge in [0.15, 0.2) is 0 Å².